The van der Waals surface area contributed by atoms with E-state index in [2.05, 4.69) is 9.97 Å². The van der Waals surface area contributed by atoms with Gasteiger partial charge >= 0.3 is 6.18 Å². The van der Waals surface area contributed by atoms with Crippen molar-refractivity contribution >= 4 is 23.2 Å². The molecule has 0 radical (unpaired) electrons. The highest BCUT2D eigenvalue weighted by Crippen LogP contribution is 2.39. The summed E-state index contributed by atoms with van der Waals surface area (Å²) in [7, 11) is 0. The van der Waals surface area contributed by atoms with Crippen molar-refractivity contribution in [3.8, 4) is 0 Å². The summed E-state index contributed by atoms with van der Waals surface area (Å²) >= 11 is 11.0. The van der Waals surface area contributed by atoms with Gasteiger partial charge in [-0.2, -0.15) is 13.2 Å². The van der Waals surface area contributed by atoms with Crippen LogP contribution >= 0.6 is 23.2 Å². The van der Waals surface area contributed by atoms with Gasteiger partial charge in [0.05, 0.1) is 0 Å². The first-order valence-electron chi connectivity index (χ1n) is 3.92. The molecular weight excluding hydrogens is 252 g/mol. The zero-order chi connectivity index (χ0) is 11.9. The summed E-state index contributed by atoms with van der Waals surface area (Å²) < 4.78 is 37.8. The smallest absolute Gasteiger partial charge is 0.220 e. The Labute approximate surface area is 94.4 Å². The van der Waals surface area contributed by atoms with E-state index in [9.17, 15) is 13.2 Å². The number of rotatable bonds is 1. The summed E-state index contributed by atoms with van der Waals surface area (Å²) in [4.78, 5) is 7.04. The Morgan fingerprint density at radius 1 is 1.07 bits per heavy atom. The van der Waals surface area contributed by atoms with Gasteiger partial charge in [0.15, 0.2) is 0 Å². The molecule has 0 atom stereocenters. The van der Waals surface area contributed by atoms with Crippen LogP contribution in [0.5, 0.6) is 0 Å². The molecular formula is C8H7Cl2F3N2. The molecule has 0 aliphatic carbocycles. The van der Waals surface area contributed by atoms with E-state index in [-0.39, 0.29) is 10.3 Å². The molecule has 7 heteroatoms. The van der Waals surface area contributed by atoms with Crippen LogP contribution in [0.15, 0.2) is 6.07 Å². The SMILES string of the molecule is CC(C)(c1nc(Cl)cc(Cl)n1)C(F)(F)F. The molecule has 0 aliphatic rings. The minimum Gasteiger partial charge on any atom is -0.220 e. The predicted molar refractivity (Wildman–Crippen MR) is 51.1 cm³/mol. The van der Waals surface area contributed by atoms with E-state index in [1.807, 2.05) is 0 Å². The van der Waals surface area contributed by atoms with E-state index in [0.717, 1.165) is 13.8 Å². The molecule has 0 unspecified atom stereocenters. The van der Waals surface area contributed by atoms with Crippen molar-refractivity contribution in [2.75, 3.05) is 0 Å². The Bertz CT molecular complexity index is 356. The van der Waals surface area contributed by atoms with Crippen molar-refractivity contribution in [2.45, 2.75) is 25.4 Å². The fraction of sp³-hybridized carbons (Fsp3) is 0.500. The number of hydrogen-bond donors (Lipinski definition) is 0. The summed E-state index contributed by atoms with van der Waals surface area (Å²) in [5, 5.41) is -0.218. The lowest BCUT2D eigenvalue weighted by Crippen LogP contribution is -2.38. The molecule has 0 fully saturated rings. The minimum absolute atomic E-state index is 0.109. The van der Waals surface area contributed by atoms with Gasteiger partial charge in [0.1, 0.15) is 21.5 Å². The highest BCUT2D eigenvalue weighted by molar-refractivity contribution is 6.33. The lowest BCUT2D eigenvalue weighted by atomic mass is 9.91. The second kappa shape index (κ2) is 3.79. The van der Waals surface area contributed by atoms with Crippen LogP contribution in [-0.4, -0.2) is 16.1 Å². The molecule has 0 N–H and O–H groups in total. The van der Waals surface area contributed by atoms with Gasteiger partial charge in [0.2, 0.25) is 0 Å². The van der Waals surface area contributed by atoms with Crippen LogP contribution in [0.2, 0.25) is 10.3 Å². The van der Waals surface area contributed by atoms with Gasteiger partial charge in [0.25, 0.3) is 0 Å². The monoisotopic (exact) mass is 258 g/mol. The summed E-state index contributed by atoms with van der Waals surface area (Å²) in [5.74, 6) is -0.437. The van der Waals surface area contributed by atoms with Crippen molar-refractivity contribution < 1.29 is 13.2 Å². The molecule has 0 saturated heterocycles. The lowest BCUT2D eigenvalue weighted by Gasteiger charge is -2.25. The van der Waals surface area contributed by atoms with Crippen LogP contribution < -0.4 is 0 Å². The van der Waals surface area contributed by atoms with Crippen molar-refractivity contribution in [3.05, 3.63) is 22.2 Å². The first-order chi connectivity index (χ1) is 6.64. The molecule has 0 aromatic carbocycles. The van der Waals surface area contributed by atoms with E-state index < -0.39 is 17.4 Å². The Kier molecular flexibility index (Phi) is 3.16. The first-order valence-corrected chi connectivity index (χ1v) is 4.67. The molecule has 0 bridgehead atoms. The number of aromatic nitrogens is 2. The molecule has 0 amide bonds. The minimum atomic E-state index is -4.46. The standard InChI is InChI=1S/C8H7Cl2F3N2/c1-7(2,8(11,12)13)6-14-4(9)3-5(10)15-6/h3H,1-2H3. The van der Waals surface area contributed by atoms with Crippen LogP contribution in [-0.2, 0) is 5.41 Å². The number of halogens is 5. The molecule has 2 nitrogen and oxygen atoms in total. The maximum absolute atomic E-state index is 12.6. The number of hydrogen-bond acceptors (Lipinski definition) is 2. The van der Waals surface area contributed by atoms with E-state index in [4.69, 9.17) is 23.2 Å². The summed E-state index contributed by atoms with van der Waals surface area (Å²) in [5.41, 5.74) is -2.18. The normalized spacial score (nSPS) is 13.0. The molecule has 1 aromatic rings. The van der Waals surface area contributed by atoms with Crippen molar-refractivity contribution in [1.29, 1.82) is 0 Å². The number of nitrogens with zero attached hydrogens (tertiary/aromatic N) is 2. The average Bonchev–Trinajstić information content (AvgIpc) is 1.99. The largest absolute Gasteiger partial charge is 0.400 e. The van der Waals surface area contributed by atoms with Crippen molar-refractivity contribution in [3.63, 3.8) is 0 Å². The van der Waals surface area contributed by atoms with Crippen molar-refractivity contribution in [2.24, 2.45) is 0 Å². The zero-order valence-electron chi connectivity index (χ0n) is 7.86. The molecule has 15 heavy (non-hydrogen) atoms. The van der Waals surface area contributed by atoms with Gasteiger partial charge < -0.3 is 0 Å². The van der Waals surface area contributed by atoms with E-state index >= 15 is 0 Å². The Morgan fingerprint density at radius 2 is 1.47 bits per heavy atom. The predicted octanol–water partition coefficient (Wildman–Crippen LogP) is 3.62. The molecule has 1 rings (SSSR count). The third-order valence-electron chi connectivity index (χ3n) is 1.93. The van der Waals surface area contributed by atoms with Crippen LogP contribution in [0.3, 0.4) is 0 Å². The second-order valence-corrected chi connectivity index (χ2v) is 4.23. The molecule has 0 aliphatic heterocycles. The van der Waals surface area contributed by atoms with Gasteiger partial charge in [-0.25, -0.2) is 9.97 Å². The van der Waals surface area contributed by atoms with E-state index in [1.165, 1.54) is 6.07 Å². The summed E-state index contributed by atoms with van der Waals surface area (Å²) in [6.45, 7) is 1.93. The fourth-order valence-electron chi connectivity index (χ4n) is 0.796. The topological polar surface area (TPSA) is 25.8 Å². The average molecular weight is 259 g/mol. The third kappa shape index (κ3) is 2.52. The van der Waals surface area contributed by atoms with E-state index in [1.54, 1.807) is 0 Å². The zero-order valence-corrected chi connectivity index (χ0v) is 9.37. The molecule has 0 saturated carbocycles. The first kappa shape index (κ1) is 12.5. The maximum atomic E-state index is 12.6. The maximum Gasteiger partial charge on any atom is 0.400 e. The van der Waals surface area contributed by atoms with Gasteiger partial charge in [0, 0.05) is 6.07 Å². The summed E-state index contributed by atoms with van der Waals surface area (Å²) in [6.07, 6.45) is -4.46. The van der Waals surface area contributed by atoms with Gasteiger partial charge in [-0.1, -0.05) is 23.2 Å². The van der Waals surface area contributed by atoms with Crippen LogP contribution in [0.25, 0.3) is 0 Å². The van der Waals surface area contributed by atoms with Crippen molar-refractivity contribution in [1.82, 2.24) is 9.97 Å². The molecule has 1 aromatic heterocycles. The summed E-state index contributed by atoms with van der Waals surface area (Å²) in [6, 6.07) is 1.18. The highest BCUT2D eigenvalue weighted by atomic mass is 35.5. The van der Waals surface area contributed by atoms with Crippen LogP contribution in [0, 0.1) is 0 Å². The molecule has 0 spiro atoms. The van der Waals surface area contributed by atoms with Crippen LogP contribution in [0.4, 0.5) is 13.2 Å². The lowest BCUT2D eigenvalue weighted by molar-refractivity contribution is -0.182. The highest BCUT2D eigenvalue weighted by Gasteiger charge is 2.50. The number of alkyl halides is 3. The van der Waals surface area contributed by atoms with E-state index in [0.29, 0.717) is 0 Å². The third-order valence-corrected chi connectivity index (χ3v) is 2.32. The fourth-order valence-corrected chi connectivity index (χ4v) is 1.22. The van der Waals surface area contributed by atoms with Gasteiger partial charge in [-0.05, 0) is 13.8 Å². The molecule has 84 valence electrons. The second-order valence-electron chi connectivity index (χ2n) is 3.46. The Balaban J connectivity index is 3.27. The van der Waals surface area contributed by atoms with Gasteiger partial charge in [-0.3, -0.25) is 0 Å². The molecule has 1 heterocycles. The van der Waals surface area contributed by atoms with Gasteiger partial charge in [-0.15, -0.1) is 0 Å². The Hall–Kier alpha value is -0.550. The quantitative estimate of drug-likeness (QED) is 0.720. The van der Waals surface area contributed by atoms with Crippen LogP contribution in [0.1, 0.15) is 19.7 Å². The Morgan fingerprint density at radius 3 is 1.80 bits per heavy atom.